The molecule has 1 fully saturated rings. The van der Waals surface area contributed by atoms with Crippen molar-refractivity contribution in [3.8, 4) is 0 Å². The fourth-order valence-corrected chi connectivity index (χ4v) is 3.95. The Morgan fingerprint density at radius 2 is 2.08 bits per heavy atom. The Morgan fingerprint density at radius 1 is 1.36 bits per heavy atom. The van der Waals surface area contributed by atoms with Crippen LogP contribution in [0.2, 0.25) is 0 Å². The largest absolute Gasteiger partial charge is 0.354 e. The van der Waals surface area contributed by atoms with Crippen molar-refractivity contribution in [3.05, 3.63) is 34.0 Å². The number of hydrogen-bond acceptors (Lipinski definition) is 5. The van der Waals surface area contributed by atoms with E-state index < -0.39 is 5.54 Å². The molecule has 6 nitrogen and oxygen atoms in total. The molecule has 0 saturated carbocycles. The molecule has 2 aromatic heterocycles. The van der Waals surface area contributed by atoms with E-state index in [1.165, 1.54) is 4.88 Å². The molecule has 1 aliphatic rings. The van der Waals surface area contributed by atoms with Gasteiger partial charge in [0.25, 0.3) is 0 Å². The van der Waals surface area contributed by atoms with Crippen molar-refractivity contribution in [1.82, 2.24) is 25.4 Å². The molecule has 140 valence electrons. The maximum absolute atomic E-state index is 12.9. The molecular weight excluding hydrogens is 381 g/mol. The van der Waals surface area contributed by atoms with Gasteiger partial charge < -0.3 is 10.6 Å². The quantitative estimate of drug-likeness (QED) is 0.799. The summed E-state index contributed by atoms with van der Waals surface area (Å²) in [6.07, 6.45) is 5.92. The molecule has 1 saturated heterocycles. The van der Waals surface area contributed by atoms with Crippen molar-refractivity contribution in [2.75, 3.05) is 19.6 Å². The lowest BCUT2D eigenvalue weighted by Crippen LogP contribution is -2.54. The van der Waals surface area contributed by atoms with Crippen LogP contribution in [0.5, 0.6) is 0 Å². The fraction of sp³-hybridized carbons (Fsp3) is 0.562. The van der Waals surface area contributed by atoms with Crippen molar-refractivity contribution in [1.29, 1.82) is 0 Å². The first-order valence-electron chi connectivity index (χ1n) is 8.04. The average Bonchev–Trinajstić information content (AvgIpc) is 3.19. The highest BCUT2D eigenvalue weighted by atomic mass is 35.5. The van der Waals surface area contributed by atoms with E-state index in [2.05, 4.69) is 27.6 Å². The molecule has 0 atom stereocenters. The highest BCUT2D eigenvalue weighted by molar-refractivity contribution is 7.11. The van der Waals surface area contributed by atoms with Gasteiger partial charge in [-0.25, -0.2) is 4.98 Å². The number of nitrogens with zero attached hydrogens (tertiary/aromatic N) is 3. The first-order valence-corrected chi connectivity index (χ1v) is 8.85. The topological polar surface area (TPSA) is 71.8 Å². The molecule has 0 unspecified atom stereocenters. The number of carbonyl (C=O) groups excluding carboxylic acids is 1. The van der Waals surface area contributed by atoms with Gasteiger partial charge in [-0.2, -0.15) is 5.10 Å². The highest BCUT2D eigenvalue weighted by Gasteiger charge is 2.41. The van der Waals surface area contributed by atoms with Crippen molar-refractivity contribution >= 4 is 42.1 Å². The second-order valence-electron chi connectivity index (χ2n) is 5.99. The van der Waals surface area contributed by atoms with Gasteiger partial charge >= 0.3 is 0 Å². The van der Waals surface area contributed by atoms with E-state index in [9.17, 15) is 4.79 Å². The van der Waals surface area contributed by atoms with Gasteiger partial charge in [0.2, 0.25) is 5.91 Å². The lowest BCUT2D eigenvalue weighted by molar-refractivity contribution is -0.131. The van der Waals surface area contributed by atoms with E-state index in [4.69, 9.17) is 0 Å². The number of piperidine rings is 1. The summed E-state index contributed by atoms with van der Waals surface area (Å²) < 4.78 is 1.82. The molecule has 0 aliphatic carbocycles. The summed E-state index contributed by atoms with van der Waals surface area (Å²) in [5.74, 6) is 0.0627. The number of nitrogens with one attached hydrogen (secondary N) is 2. The van der Waals surface area contributed by atoms with E-state index in [0.717, 1.165) is 43.1 Å². The van der Waals surface area contributed by atoms with Crippen LogP contribution in [-0.4, -0.2) is 40.3 Å². The first-order chi connectivity index (χ1) is 11.1. The maximum atomic E-state index is 12.9. The van der Waals surface area contributed by atoms with Crippen LogP contribution in [0, 0.1) is 13.8 Å². The summed E-state index contributed by atoms with van der Waals surface area (Å²) >= 11 is 1.71. The predicted octanol–water partition coefficient (Wildman–Crippen LogP) is 2.24. The minimum Gasteiger partial charge on any atom is -0.354 e. The van der Waals surface area contributed by atoms with Gasteiger partial charge in [-0.1, -0.05) is 0 Å². The molecule has 9 heteroatoms. The molecule has 2 N–H and O–H groups in total. The van der Waals surface area contributed by atoms with E-state index in [1.54, 1.807) is 17.5 Å². The lowest BCUT2D eigenvalue weighted by Gasteiger charge is -2.36. The SMILES string of the molecule is Cc1nc(CCNC(=O)C2(n3cccn3)CCNCC2)sc1C.Cl.Cl. The Kier molecular flexibility index (Phi) is 8.34. The van der Waals surface area contributed by atoms with Crippen molar-refractivity contribution < 1.29 is 4.79 Å². The minimum atomic E-state index is -0.566. The zero-order valence-corrected chi connectivity index (χ0v) is 16.9. The number of rotatable bonds is 5. The van der Waals surface area contributed by atoms with E-state index in [1.807, 2.05) is 23.9 Å². The Morgan fingerprint density at radius 3 is 2.64 bits per heavy atom. The third-order valence-corrected chi connectivity index (χ3v) is 5.63. The summed E-state index contributed by atoms with van der Waals surface area (Å²) in [5, 5.41) is 11.8. The summed E-state index contributed by atoms with van der Waals surface area (Å²) in [4.78, 5) is 18.6. The van der Waals surface area contributed by atoms with Crippen LogP contribution in [-0.2, 0) is 16.8 Å². The Balaban J connectivity index is 0.00000156. The van der Waals surface area contributed by atoms with E-state index in [0.29, 0.717) is 6.54 Å². The van der Waals surface area contributed by atoms with Crippen LogP contribution in [0.4, 0.5) is 0 Å². The molecule has 0 bridgehead atoms. The maximum Gasteiger partial charge on any atom is 0.248 e. The Labute approximate surface area is 164 Å². The van der Waals surface area contributed by atoms with Crippen LogP contribution in [0.15, 0.2) is 18.5 Å². The van der Waals surface area contributed by atoms with Gasteiger partial charge in [0.1, 0.15) is 5.54 Å². The van der Waals surface area contributed by atoms with Gasteiger partial charge in [-0.15, -0.1) is 36.2 Å². The second kappa shape index (κ2) is 9.52. The van der Waals surface area contributed by atoms with Gasteiger partial charge in [0.05, 0.1) is 10.7 Å². The van der Waals surface area contributed by atoms with Gasteiger partial charge in [0, 0.05) is 30.2 Å². The molecule has 1 amide bonds. The molecule has 25 heavy (non-hydrogen) atoms. The minimum absolute atomic E-state index is 0. The zero-order valence-electron chi connectivity index (χ0n) is 14.4. The standard InChI is InChI=1S/C16H23N5OS.2ClH/c1-12-13(2)23-14(20-12)4-8-18-15(22)16(5-9-17-10-6-16)21-11-3-7-19-21;;/h3,7,11,17H,4-6,8-10H2,1-2H3,(H,18,22);2*1H. The van der Waals surface area contributed by atoms with Crippen LogP contribution >= 0.6 is 36.2 Å². The molecule has 3 heterocycles. The highest BCUT2D eigenvalue weighted by Crippen LogP contribution is 2.27. The summed E-state index contributed by atoms with van der Waals surface area (Å²) in [7, 11) is 0. The molecule has 0 aromatic carbocycles. The number of carbonyl (C=O) groups is 1. The molecule has 0 spiro atoms. The van der Waals surface area contributed by atoms with Gasteiger partial charge in [-0.3, -0.25) is 9.48 Å². The van der Waals surface area contributed by atoms with Crippen LogP contribution in [0.3, 0.4) is 0 Å². The van der Waals surface area contributed by atoms with Gasteiger partial charge in [0.15, 0.2) is 0 Å². The van der Waals surface area contributed by atoms with Crippen LogP contribution in [0.1, 0.15) is 28.4 Å². The molecule has 2 aromatic rings. The third kappa shape index (κ3) is 4.73. The number of thiazole rings is 1. The van der Waals surface area contributed by atoms with E-state index >= 15 is 0 Å². The smallest absolute Gasteiger partial charge is 0.248 e. The summed E-state index contributed by atoms with van der Waals surface area (Å²) in [5.41, 5.74) is 0.520. The fourth-order valence-electron chi connectivity index (χ4n) is 3.02. The molecule has 0 radical (unpaired) electrons. The van der Waals surface area contributed by atoms with Crippen LogP contribution in [0.25, 0.3) is 0 Å². The first kappa shape index (κ1) is 21.9. The number of aromatic nitrogens is 3. The van der Waals surface area contributed by atoms with Crippen LogP contribution < -0.4 is 10.6 Å². The summed E-state index contributed by atoms with van der Waals surface area (Å²) in [6, 6.07) is 1.87. The Bertz CT molecular complexity index is 649. The lowest BCUT2D eigenvalue weighted by atomic mass is 9.87. The van der Waals surface area contributed by atoms with Crippen molar-refractivity contribution in [2.24, 2.45) is 0 Å². The van der Waals surface area contributed by atoms with E-state index in [-0.39, 0.29) is 30.7 Å². The number of halogens is 2. The van der Waals surface area contributed by atoms with Crippen molar-refractivity contribution in [2.45, 2.75) is 38.6 Å². The van der Waals surface area contributed by atoms with Gasteiger partial charge in [-0.05, 0) is 45.8 Å². The number of hydrogen-bond donors (Lipinski definition) is 2. The normalized spacial score (nSPS) is 15.8. The molecular formula is C16H25Cl2N5OS. The Hall–Kier alpha value is -1.15. The second-order valence-corrected chi connectivity index (χ2v) is 7.28. The zero-order chi connectivity index (χ0) is 16.3. The summed E-state index contributed by atoms with van der Waals surface area (Å²) in [6.45, 7) is 6.38. The third-order valence-electron chi connectivity index (χ3n) is 4.49. The average molecular weight is 406 g/mol. The number of amides is 1. The molecule has 1 aliphatic heterocycles. The van der Waals surface area contributed by atoms with Crippen molar-refractivity contribution in [3.63, 3.8) is 0 Å². The number of aryl methyl sites for hydroxylation is 2. The predicted molar refractivity (Wildman–Crippen MR) is 105 cm³/mol. The molecule has 3 rings (SSSR count). The monoisotopic (exact) mass is 405 g/mol.